The number of likely N-dealkylation sites (tertiary alicyclic amines) is 1. The van der Waals surface area contributed by atoms with Crippen molar-refractivity contribution in [1.82, 2.24) is 29.7 Å². The van der Waals surface area contributed by atoms with Gasteiger partial charge in [0.15, 0.2) is 17.3 Å². The molecule has 21 heteroatoms. The average molecular weight is 1360 g/mol. The number of halogens is 3. The van der Waals surface area contributed by atoms with Gasteiger partial charge in [-0.25, -0.2) is 15.0 Å². The molecule has 0 bridgehead atoms. The molecular weight excluding hydrogens is 1280 g/mol. The Morgan fingerprint density at radius 3 is 1.26 bits per heavy atom. The predicted molar refractivity (Wildman–Crippen MR) is 385 cm³/mol. The minimum absolute atomic E-state index is 0.0498. The number of nitrogens with zero attached hydrogens (tertiary/aromatic N) is 7. The van der Waals surface area contributed by atoms with Gasteiger partial charge in [0, 0.05) is 129 Å². The highest BCUT2D eigenvalue weighted by molar-refractivity contribution is 6.31. The molecule has 2 aliphatic heterocycles. The van der Waals surface area contributed by atoms with Crippen LogP contribution in [0.25, 0.3) is 0 Å². The number of carbonyl (C=O) groups excluding carboxylic acids is 6. The van der Waals surface area contributed by atoms with Gasteiger partial charge in [-0.15, -0.1) is 0 Å². The van der Waals surface area contributed by atoms with Crippen molar-refractivity contribution in [2.45, 2.75) is 59.8 Å². The van der Waals surface area contributed by atoms with Crippen LogP contribution < -0.4 is 16.0 Å². The Bertz CT molecular complexity index is 4440. The number of ketones is 3. The van der Waals surface area contributed by atoms with Crippen LogP contribution in [-0.2, 0) is 19.3 Å². The number of hydrogen-bond acceptors (Lipinski definition) is 13. The molecule has 9 aromatic rings. The number of amides is 3. The molecule has 0 radical (unpaired) electrons. The summed E-state index contributed by atoms with van der Waals surface area (Å²) in [4.78, 5) is 101. The Hall–Kier alpha value is -10.5. The maximum Gasteiger partial charge on any atom is 0.257 e. The number of amidine groups is 3. The van der Waals surface area contributed by atoms with Gasteiger partial charge in [0.1, 0.15) is 35.0 Å². The first kappa shape index (κ1) is 70.8. The lowest BCUT2D eigenvalue weighted by Gasteiger charge is -2.18. The van der Waals surface area contributed by atoms with Crippen LogP contribution >= 0.6 is 34.8 Å². The number of pyridine rings is 3. The molecule has 494 valence electrons. The molecule has 1 saturated heterocycles. The van der Waals surface area contributed by atoms with Crippen molar-refractivity contribution in [1.29, 1.82) is 10.8 Å². The molecule has 6 aromatic carbocycles. The van der Waals surface area contributed by atoms with Gasteiger partial charge in [0.25, 0.3) is 17.7 Å². The zero-order chi connectivity index (χ0) is 69.4. The van der Waals surface area contributed by atoms with Crippen LogP contribution in [-0.4, -0.2) is 130 Å². The third-order valence-corrected chi connectivity index (χ3v) is 17.1. The molecule has 0 atom stereocenters. The van der Waals surface area contributed by atoms with Gasteiger partial charge in [-0.1, -0.05) is 143 Å². The second-order valence-electron chi connectivity index (χ2n) is 23.7. The van der Waals surface area contributed by atoms with Crippen molar-refractivity contribution >= 4 is 105 Å². The number of likely N-dealkylation sites (N-methyl/N-ethyl adjacent to an activating group) is 1. The van der Waals surface area contributed by atoms with E-state index in [1.807, 2.05) is 89.3 Å². The van der Waals surface area contributed by atoms with Gasteiger partial charge >= 0.3 is 0 Å². The van der Waals surface area contributed by atoms with Crippen molar-refractivity contribution in [2.75, 3.05) is 63.3 Å². The Labute approximate surface area is 579 Å². The average Bonchev–Trinajstić information content (AvgIpc) is 1.65. The molecule has 97 heavy (non-hydrogen) atoms. The van der Waals surface area contributed by atoms with E-state index in [0.717, 1.165) is 83.8 Å². The molecule has 2 aliphatic rings. The fraction of sp³-hybridized carbons (Fsp3) is 0.211. The maximum absolute atomic E-state index is 13.1. The number of anilines is 3. The van der Waals surface area contributed by atoms with Crippen LogP contribution in [0.5, 0.6) is 0 Å². The summed E-state index contributed by atoms with van der Waals surface area (Å²) in [5.74, 6) is 1.78. The molecule has 5 heterocycles. The van der Waals surface area contributed by atoms with Crippen LogP contribution in [0, 0.1) is 38.5 Å². The van der Waals surface area contributed by atoms with Crippen molar-refractivity contribution < 1.29 is 28.8 Å². The van der Waals surface area contributed by atoms with Crippen molar-refractivity contribution in [2.24, 2.45) is 4.99 Å². The second kappa shape index (κ2) is 32.7. The first-order chi connectivity index (χ1) is 46.5. The number of nitrogens with one attached hydrogen (secondary N) is 5. The summed E-state index contributed by atoms with van der Waals surface area (Å²) in [7, 11) is 5.60. The number of carbonyl (C=O) groups is 6. The highest BCUT2D eigenvalue weighted by Crippen LogP contribution is 2.26. The van der Waals surface area contributed by atoms with Gasteiger partial charge in [-0.2, -0.15) is 0 Å². The SMILES string of the molecule is Cc1cc(C)c(CC(=O)c2ccc(C(=N)N3CCCC3)cc2)c(C(=O)Nc2ccc(Cl)cn2)c1.Cc1cccc(C(=O)Nc2ccc(Cl)cn2)c1CC(=O)c1ccc(C(=N)N(C)C)cc1.Cc1cccc(C(=O)Nc2ccc(Cl)cn2)c1CC(=O)c1ccc(C2=NCCN2C)cc1. The zero-order valence-electron chi connectivity index (χ0n) is 54.8. The summed E-state index contributed by atoms with van der Waals surface area (Å²) in [6, 6.07) is 46.0. The number of hydrogen-bond donors (Lipinski definition) is 5. The third-order valence-electron chi connectivity index (χ3n) is 16.4. The zero-order valence-corrected chi connectivity index (χ0v) is 57.1. The Morgan fingerprint density at radius 1 is 0.474 bits per heavy atom. The molecule has 1 fully saturated rings. The smallest absolute Gasteiger partial charge is 0.257 e. The standard InChI is InChI=1S/C27H27ClN4O2.C25H23ClN4O2.C24H23ClN4O2/c1-17-13-18(2)22(23(14-17)27(34)31-25-10-9-21(28)16-30-25)15-24(33)19-5-7-20(8-6-19)26(29)32-11-3-4-12-32;1-16-4-3-5-20(25(32)29-23-11-10-19(26)15-28-23)21(16)14-22(31)17-6-8-18(9-7-17)24-27-12-13-30(24)2;1-15-5-4-6-19(24(31)28-22-12-11-18(25)14-27-22)20(15)13-21(30)16-7-9-17(10-8-16)23(26)29(2)3/h5-10,13-14,16,29H,3-4,11-12,15H2,1-2H3,(H,30,31,34);3-11,15H,12-14H2,1-2H3,(H,28,29,32);4-12,14,26H,13H2,1-3H3,(H,27,28,31). The quantitative estimate of drug-likeness (QED) is 0.0306. The largest absolute Gasteiger partial charge is 0.363 e. The lowest BCUT2D eigenvalue weighted by atomic mass is 9.92. The van der Waals surface area contributed by atoms with Crippen molar-refractivity contribution in [3.8, 4) is 0 Å². The van der Waals surface area contributed by atoms with Gasteiger partial charge < -0.3 is 30.7 Å². The fourth-order valence-corrected chi connectivity index (χ4v) is 11.4. The Kier molecular flexibility index (Phi) is 23.9. The molecule has 3 amide bonds. The molecule has 3 aromatic heterocycles. The van der Waals surface area contributed by atoms with Gasteiger partial charge in [-0.3, -0.25) is 44.6 Å². The molecular formula is C76H73Cl3N12O6. The van der Waals surface area contributed by atoms with Crippen molar-refractivity contribution in [3.63, 3.8) is 0 Å². The van der Waals surface area contributed by atoms with E-state index >= 15 is 0 Å². The molecule has 11 rings (SSSR count). The summed E-state index contributed by atoms with van der Waals surface area (Å²) in [5, 5.41) is 26.2. The van der Waals surface area contributed by atoms with Crippen LogP contribution in [0.2, 0.25) is 15.1 Å². The number of aliphatic imine (C=N–C) groups is 1. The van der Waals surface area contributed by atoms with E-state index in [1.54, 1.807) is 122 Å². The summed E-state index contributed by atoms with van der Waals surface area (Å²) in [6.07, 6.45) is 6.94. The Balaban J connectivity index is 0.000000171. The topological polar surface area (TPSA) is 247 Å². The normalized spacial score (nSPS) is 12.2. The van der Waals surface area contributed by atoms with E-state index in [-0.39, 0.29) is 54.3 Å². The summed E-state index contributed by atoms with van der Waals surface area (Å²) in [6.45, 7) is 11.1. The maximum atomic E-state index is 13.1. The van der Waals surface area contributed by atoms with Gasteiger partial charge in [0.2, 0.25) is 0 Å². The van der Waals surface area contributed by atoms with E-state index < -0.39 is 0 Å². The summed E-state index contributed by atoms with van der Waals surface area (Å²) in [5.41, 5.74) is 11.2. The van der Waals surface area contributed by atoms with E-state index in [1.165, 1.54) is 18.6 Å². The van der Waals surface area contributed by atoms with Crippen LogP contribution in [0.15, 0.2) is 181 Å². The summed E-state index contributed by atoms with van der Waals surface area (Å²) >= 11 is 17.6. The molecule has 18 nitrogen and oxygen atoms in total. The number of benzene rings is 6. The summed E-state index contributed by atoms with van der Waals surface area (Å²) < 4.78 is 0. The van der Waals surface area contributed by atoms with Crippen molar-refractivity contribution in [3.05, 3.63) is 280 Å². The lowest BCUT2D eigenvalue weighted by molar-refractivity contribution is 0.0980. The monoisotopic (exact) mass is 1350 g/mol. The van der Waals surface area contributed by atoms with Gasteiger partial charge in [0.05, 0.1) is 21.6 Å². The van der Waals surface area contributed by atoms with E-state index in [2.05, 4.69) is 45.7 Å². The molecule has 0 unspecified atom stereocenters. The second-order valence-corrected chi connectivity index (χ2v) is 25.0. The number of rotatable bonds is 18. The highest BCUT2D eigenvalue weighted by atomic mass is 35.5. The minimum atomic E-state index is -0.337. The first-order valence-corrected chi connectivity index (χ1v) is 32.4. The Morgan fingerprint density at radius 2 is 0.866 bits per heavy atom. The van der Waals surface area contributed by atoms with E-state index in [0.29, 0.717) is 94.3 Å². The fourth-order valence-electron chi connectivity index (χ4n) is 11.1. The lowest BCUT2D eigenvalue weighted by Crippen LogP contribution is -2.27. The third kappa shape index (κ3) is 18.7. The van der Waals surface area contributed by atoms with Gasteiger partial charge in [-0.05, 0) is 129 Å². The molecule has 5 N–H and O–H groups in total. The molecule has 0 saturated carbocycles. The van der Waals surface area contributed by atoms with Crippen LogP contribution in [0.1, 0.15) is 131 Å². The van der Waals surface area contributed by atoms with Crippen LogP contribution in [0.4, 0.5) is 17.5 Å². The van der Waals surface area contributed by atoms with E-state index in [9.17, 15) is 28.8 Å². The number of aromatic nitrogens is 3. The highest BCUT2D eigenvalue weighted by Gasteiger charge is 2.24. The number of Topliss-reactive ketones (excluding diaryl/α,β-unsaturated/α-hetero) is 3. The molecule has 0 spiro atoms. The minimum Gasteiger partial charge on any atom is -0.363 e. The predicted octanol–water partition coefficient (Wildman–Crippen LogP) is 14.5. The van der Waals surface area contributed by atoms with Crippen LogP contribution in [0.3, 0.4) is 0 Å². The molecule has 0 aliphatic carbocycles. The number of aryl methyl sites for hydroxylation is 4. The first-order valence-electron chi connectivity index (χ1n) is 31.3. The van der Waals surface area contributed by atoms with E-state index in [4.69, 9.17) is 45.6 Å².